The third-order valence-corrected chi connectivity index (χ3v) is 7.29. The number of ether oxygens (including phenoxy) is 1. The summed E-state index contributed by atoms with van der Waals surface area (Å²) in [6.45, 7) is 4.21. The van der Waals surface area contributed by atoms with Crippen LogP contribution in [0.2, 0.25) is 0 Å². The third-order valence-electron chi connectivity index (χ3n) is 4.67. The van der Waals surface area contributed by atoms with Crippen molar-refractivity contribution in [2.24, 2.45) is 0 Å². The van der Waals surface area contributed by atoms with E-state index in [1.165, 1.54) is 6.07 Å². The van der Waals surface area contributed by atoms with Crippen LogP contribution in [-0.2, 0) is 41.0 Å². The van der Waals surface area contributed by atoms with Crippen LogP contribution in [0.5, 0.6) is 0 Å². The van der Waals surface area contributed by atoms with E-state index in [1.54, 1.807) is 11.8 Å². The number of alkyl halides is 2. The molecule has 2 N–H and O–H groups in total. The molecule has 0 atom stereocenters. The van der Waals surface area contributed by atoms with E-state index in [-0.39, 0.29) is 11.1 Å². The van der Waals surface area contributed by atoms with Gasteiger partial charge in [0, 0.05) is 14.9 Å². The van der Waals surface area contributed by atoms with Gasteiger partial charge in [-0.25, -0.2) is 0 Å². The van der Waals surface area contributed by atoms with Crippen LogP contribution < -0.4 is 0 Å². The van der Waals surface area contributed by atoms with Gasteiger partial charge in [0.1, 0.15) is 0 Å². The highest BCUT2D eigenvalue weighted by atomic mass is 79.9. The molecule has 0 aliphatic carbocycles. The molecule has 0 saturated carbocycles. The molecule has 0 heterocycles. The zero-order chi connectivity index (χ0) is 21.8. The van der Waals surface area contributed by atoms with Crippen LogP contribution in [0.1, 0.15) is 41.7 Å². The van der Waals surface area contributed by atoms with Crippen molar-refractivity contribution in [1.29, 1.82) is 0 Å². The van der Waals surface area contributed by atoms with E-state index >= 15 is 0 Å². The first kappa shape index (κ1) is 24.5. The molecule has 29 heavy (non-hydrogen) atoms. The van der Waals surface area contributed by atoms with Gasteiger partial charge >= 0.3 is 13.3 Å². The van der Waals surface area contributed by atoms with Gasteiger partial charge in [-0.15, -0.1) is 11.8 Å². The molecule has 0 aliphatic rings. The lowest BCUT2D eigenvalue weighted by Crippen LogP contribution is -2.17. The van der Waals surface area contributed by atoms with Gasteiger partial charge in [0.05, 0.1) is 13.2 Å². The number of hydrogen-bond donors (Lipinski definition) is 2. The quantitative estimate of drug-likeness (QED) is 0.310. The monoisotopic (exact) mass is 508 g/mol. The minimum atomic E-state index is -5.66. The van der Waals surface area contributed by atoms with Crippen LogP contribution in [0.3, 0.4) is 0 Å². The van der Waals surface area contributed by atoms with Gasteiger partial charge in [0.2, 0.25) is 0 Å². The third kappa shape index (κ3) is 5.49. The lowest BCUT2D eigenvalue weighted by molar-refractivity contribution is 0.0554. The van der Waals surface area contributed by atoms with Crippen LogP contribution in [0.15, 0.2) is 39.7 Å². The molecule has 160 valence electrons. The molecule has 0 amide bonds. The molecule has 2 aromatic rings. The average Bonchev–Trinajstić information content (AvgIpc) is 2.67. The molecule has 0 unspecified atom stereocenters. The largest absolute Gasteiger partial charge is 0.399 e. The van der Waals surface area contributed by atoms with Crippen molar-refractivity contribution in [2.45, 2.75) is 50.5 Å². The zero-order valence-electron chi connectivity index (χ0n) is 16.4. The van der Waals surface area contributed by atoms with Crippen LogP contribution in [-0.4, -0.2) is 16.0 Å². The maximum absolute atomic E-state index is 14.4. The van der Waals surface area contributed by atoms with Crippen molar-refractivity contribution in [3.63, 3.8) is 0 Å². The predicted octanol–water partition coefficient (Wildman–Crippen LogP) is 6.24. The Morgan fingerprint density at radius 2 is 1.72 bits per heavy atom. The Kier molecular flexibility index (Phi) is 8.48. The van der Waals surface area contributed by atoms with Crippen molar-refractivity contribution in [3.8, 4) is 0 Å². The molecule has 2 rings (SSSR count). The molecule has 4 nitrogen and oxygen atoms in total. The van der Waals surface area contributed by atoms with Gasteiger partial charge < -0.3 is 14.5 Å². The van der Waals surface area contributed by atoms with Gasteiger partial charge in [-0.2, -0.15) is 8.78 Å². The Hall–Kier alpha value is -0.760. The molecule has 2 aromatic carbocycles. The molecular weight excluding hydrogens is 485 g/mol. The van der Waals surface area contributed by atoms with Gasteiger partial charge in [0.25, 0.3) is 0 Å². The molecule has 0 radical (unpaired) electrons. The van der Waals surface area contributed by atoms with Crippen molar-refractivity contribution in [1.82, 2.24) is 0 Å². The average molecular weight is 509 g/mol. The fourth-order valence-corrected chi connectivity index (χ4v) is 4.98. The van der Waals surface area contributed by atoms with E-state index in [0.717, 1.165) is 16.0 Å². The van der Waals surface area contributed by atoms with Gasteiger partial charge in [-0.1, -0.05) is 26.0 Å². The highest BCUT2D eigenvalue weighted by Gasteiger charge is 2.52. The summed E-state index contributed by atoms with van der Waals surface area (Å²) in [4.78, 5) is 19.4. The standard InChI is InChI=1S/C20H24BrF2O4PS/c1-4-14-10-18(20(22,23)28(24,25)26)19(21)16(5-2)17(14)12-27-11-13-6-8-15(29-3)9-7-13/h6-10H,4-5,11-12H2,1-3H3,(H2,24,25,26). The Bertz CT molecular complexity index is 900. The smallest absolute Gasteiger partial charge is 0.372 e. The fraction of sp³-hybridized carbons (Fsp3) is 0.400. The molecular formula is C20H24BrF2O4PS. The van der Waals surface area contributed by atoms with Crippen molar-refractivity contribution in [2.75, 3.05) is 6.26 Å². The Morgan fingerprint density at radius 3 is 2.21 bits per heavy atom. The number of hydrogen-bond acceptors (Lipinski definition) is 3. The Balaban J connectivity index is 2.34. The number of rotatable bonds is 9. The Labute approximate surface area is 182 Å². The predicted molar refractivity (Wildman–Crippen MR) is 116 cm³/mol. The normalized spacial score (nSPS) is 12.4. The summed E-state index contributed by atoms with van der Waals surface area (Å²) in [6, 6.07) is 9.15. The minimum Gasteiger partial charge on any atom is -0.372 e. The van der Waals surface area contributed by atoms with Gasteiger partial charge in [0.15, 0.2) is 0 Å². The molecule has 9 heteroatoms. The van der Waals surface area contributed by atoms with Gasteiger partial charge in [-0.05, 0) is 75.5 Å². The summed E-state index contributed by atoms with van der Waals surface area (Å²) in [5.74, 6) is 0. The maximum atomic E-state index is 14.4. The molecule has 0 saturated heterocycles. The SMILES string of the molecule is CCc1cc(C(F)(F)P(=O)(O)O)c(Br)c(CC)c1COCc1ccc(SC)cc1. The van der Waals surface area contributed by atoms with E-state index in [9.17, 15) is 13.3 Å². The lowest BCUT2D eigenvalue weighted by Gasteiger charge is -2.24. The summed E-state index contributed by atoms with van der Waals surface area (Å²) in [6.07, 6.45) is 2.85. The second kappa shape index (κ2) is 10.0. The van der Waals surface area contributed by atoms with Crippen molar-refractivity contribution < 1.29 is 27.9 Å². The zero-order valence-corrected chi connectivity index (χ0v) is 19.7. The van der Waals surface area contributed by atoms with E-state index < -0.39 is 18.8 Å². The summed E-state index contributed by atoms with van der Waals surface area (Å²) >= 11 is 4.81. The van der Waals surface area contributed by atoms with Crippen LogP contribution in [0.25, 0.3) is 0 Å². The highest BCUT2D eigenvalue weighted by molar-refractivity contribution is 9.10. The van der Waals surface area contributed by atoms with Crippen LogP contribution >= 0.6 is 35.3 Å². The molecule has 0 aliphatic heterocycles. The molecule has 0 aromatic heterocycles. The summed E-state index contributed by atoms with van der Waals surface area (Å²) < 4.78 is 46.0. The van der Waals surface area contributed by atoms with E-state index in [1.807, 2.05) is 44.4 Å². The number of benzene rings is 2. The van der Waals surface area contributed by atoms with Crippen LogP contribution in [0.4, 0.5) is 8.78 Å². The van der Waals surface area contributed by atoms with Crippen LogP contribution in [0, 0.1) is 0 Å². The van der Waals surface area contributed by atoms with E-state index in [0.29, 0.717) is 30.6 Å². The number of aryl methyl sites for hydroxylation is 1. The maximum Gasteiger partial charge on any atom is 0.399 e. The second-order valence-electron chi connectivity index (χ2n) is 6.49. The van der Waals surface area contributed by atoms with E-state index in [2.05, 4.69) is 15.9 Å². The number of halogens is 3. The molecule has 0 bridgehead atoms. The van der Waals surface area contributed by atoms with Crippen molar-refractivity contribution in [3.05, 3.63) is 62.6 Å². The first-order valence-electron chi connectivity index (χ1n) is 9.04. The highest BCUT2D eigenvalue weighted by Crippen LogP contribution is 2.61. The first-order chi connectivity index (χ1) is 13.6. The molecule has 0 spiro atoms. The van der Waals surface area contributed by atoms with E-state index in [4.69, 9.17) is 14.5 Å². The van der Waals surface area contributed by atoms with Crippen molar-refractivity contribution >= 4 is 35.3 Å². The van der Waals surface area contributed by atoms with Gasteiger partial charge in [-0.3, -0.25) is 4.57 Å². The topological polar surface area (TPSA) is 66.8 Å². The Morgan fingerprint density at radius 1 is 1.10 bits per heavy atom. The summed E-state index contributed by atoms with van der Waals surface area (Å²) in [7, 11) is -5.66. The molecule has 0 fully saturated rings. The summed E-state index contributed by atoms with van der Waals surface area (Å²) in [5.41, 5.74) is -2.01. The minimum absolute atomic E-state index is 0.0217. The lowest BCUT2D eigenvalue weighted by atomic mass is 9.95. The summed E-state index contributed by atoms with van der Waals surface area (Å²) in [5, 5.41) is 0. The second-order valence-corrected chi connectivity index (χ2v) is 9.81. The first-order valence-corrected chi connectivity index (χ1v) is 12.7. The fourth-order valence-electron chi connectivity index (χ4n) is 3.05. The number of thioether (sulfide) groups is 1.